The van der Waals surface area contributed by atoms with Gasteiger partial charge in [0.05, 0.1) is 0 Å². The van der Waals surface area contributed by atoms with Crippen LogP contribution in [0.3, 0.4) is 0 Å². The Hall–Kier alpha value is -1.10. The summed E-state index contributed by atoms with van der Waals surface area (Å²) >= 11 is 0. The van der Waals surface area contributed by atoms with Crippen molar-refractivity contribution in [1.82, 2.24) is 5.32 Å². The van der Waals surface area contributed by atoms with Crippen LogP contribution < -0.4 is 5.32 Å². The summed E-state index contributed by atoms with van der Waals surface area (Å²) in [6, 6.07) is 0. The first-order chi connectivity index (χ1) is 6.22. The molecule has 0 aromatic carbocycles. The number of carbonyl (C=O) groups excluding carboxylic acids is 2. The van der Waals surface area contributed by atoms with Crippen LogP contribution in [0.1, 0.15) is 6.92 Å². The van der Waals surface area contributed by atoms with Gasteiger partial charge < -0.3 is 9.74 Å². The number of carbonyl (C=O) groups is 2. The molecule has 1 N–H and O–H groups in total. The summed E-state index contributed by atoms with van der Waals surface area (Å²) in [5, 5.41) is 2.41. The smallest absolute Gasteiger partial charge is 0.312 e. The largest absolute Gasteiger partial charge is 0.519 e. The molecule has 0 aliphatic rings. The van der Waals surface area contributed by atoms with Crippen molar-refractivity contribution in [2.24, 2.45) is 0 Å². The maximum atomic E-state index is 11.2. The molecule has 0 rings (SSSR count). The standard InChI is InChI=1S/C9H17NO3Si/c1-7(2)9(12)10-6-8(11)13-14(3,4)5/h1,6H2,2-5H3,(H,10,12). The molecule has 0 fully saturated rings. The minimum atomic E-state index is -1.84. The van der Waals surface area contributed by atoms with E-state index in [0.29, 0.717) is 5.57 Å². The predicted octanol–water partition coefficient (Wildman–Crippen LogP) is 1.06. The average Bonchev–Trinajstić information content (AvgIpc) is 1.96. The second kappa shape index (κ2) is 4.95. The number of hydrogen-bond donors (Lipinski definition) is 1. The molecule has 1 amide bonds. The highest BCUT2D eigenvalue weighted by Crippen LogP contribution is 2.02. The Balaban J connectivity index is 3.87. The minimum absolute atomic E-state index is 0.0873. The molecule has 0 aromatic heterocycles. The van der Waals surface area contributed by atoms with Crippen molar-refractivity contribution in [3.63, 3.8) is 0 Å². The Bertz CT molecular complexity index is 255. The summed E-state index contributed by atoms with van der Waals surface area (Å²) in [4.78, 5) is 22.2. The van der Waals surface area contributed by atoms with Crippen LogP contribution in [0.4, 0.5) is 0 Å². The second-order valence-electron chi connectivity index (χ2n) is 4.05. The van der Waals surface area contributed by atoms with E-state index in [4.69, 9.17) is 4.43 Å². The summed E-state index contributed by atoms with van der Waals surface area (Å²) in [5.74, 6) is -0.712. The van der Waals surface area contributed by atoms with Crippen molar-refractivity contribution >= 4 is 20.2 Å². The topological polar surface area (TPSA) is 55.4 Å². The summed E-state index contributed by atoms with van der Waals surface area (Å²) in [7, 11) is -1.84. The normalized spacial score (nSPS) is 10.6. The van der Waals surface area contributed by atoms with Crippen LogP contribution in [0.5, 0.6) is 0 Å². The molecule has 0 bridgehead atoms. The van der Waals surface area contributed by atoms with Gasteiger partial charge in [-0.1, -0.05) is 6.58 Å². The molecular weight excluding hydrogens is 198 g/mol. The summed E-state index contributed by atoms with van der Waals surface area (Å²) in [6.45, 7) is 10.7. The van der Waals surface area contributed by atoms with E-state index in [1.807, 2.05) is 19.6 Å². The van der Waals surface area contributed by atoms with E-state index in [-0.39, 0.29) is 12.5 Å². The maximum Gasteiger partial charge on any atom is 0.312 e. The van der Waals surface area contributed by atoms with Crippen LogP contribution >= 0.6 is 0 Å². The van der Waals surface area contributed by atoms with Gasteiger partial charge >= 0.3 is 5.97 Å². The van der Waals surface area contributed by atoms with Crippen molar-refractivity contribution in [2.75, 3.05) is 6.54 Å². The van der Waals surface area contributed by atoms with Gasteiger partial charge in [0.15, 0.2) is 0 Å². The third kappa shape index (κ3) is 6.42. The Labute approximate surface area is 85.5 Å². The van der Waals surface area contributed by atoms with Crippen LogP contribution in [0.2, 0.25) is 19.6 Å². The fourth-order valence-electron chi connectivity index (χ4n) is 0.681. The van der Waals surface area contributed by atoms with Crippen molar-refractivity contribution in [2.45, 2.75) is 26.6 Å². The SMILES string of the molecule is C=C(C)C(=O)NCC(=O)O[Si](C)(C)C. The van der Waals surface area contributed by atoms with Gasteiger partial charge in [-0.2, -0.15) is 0 Å². The van der Waals surface area contributed by atoms with E-state index >= 15 is 0 Å². The van der Waals surface area contributed by atoms with Crippen molar-refractivity contribution < 1.29 is 14.0 Å². The molecule has 0 radical (unpaired) electrons. The van der Waals surface area contributed by atoms with Crippen molar-refractivity contribution in [3.8, 4) is 0 Å². The van der Waals surface area contributed by atoms with E-state index in [1.165, 1.54) is 0 Å². The molecular formula is C9H17NO3Si. The fourth-order valence-corrected chi connectivity index (χ4v) is 1.44. The fraction of sp³-hybridized carbons (Fsp3) is 0.556. The number of amides is 1. The molecule has 0 saturated carbocycles. The zero-order chi connectivity index (χ0) is 11.4. The quantitative estimate of drug-likeness (QED) is 0.563. The van der Waals surface area contributed by atoms with Crippen LogP contribution in [0.15, 0.2) is 12.2 Å². The Morgan fingerprint density at radius 1 is 1.36 bits per heavy atom. The number of hydrogen-bond acceptors (Lipinski definition) is 3. The monoisotopic (exact) mass is 215 g/mol. The zero-order valence-electron chi connectivity index (χ0n) is 9.14. The van der Waals surface area contributed by atoms with Crippen LogP contribution in [0, 0.1) is 0 Å². The molecule has 0 aliphatic carbocycles. The molecule has 0 aromatic rings. The Kier molecular flexibility index (Phi) is 4.56. The first-order valence-corrected chi connectivity index (χ1v) is 7.79. The summed E-state index contributed by atoms with van der Waals surface area (Å²) in [5.41, 5.74) is 0.380. The van der Waals surface area contributed by atoms with Crippen LogP contribution in [0.25, 0.3) is 0 Å². The predicted molar refractivity (Wildman–Crippen MR) is 57.3 cm³/mol. The molecule has 80 valence electrons. The van der Waals surface area contributed by atoms with E-state index in [1.54, 1.807) is 6.92 Å². The van der Waals surface area contributed by atoms with Gasteiger partial charge in [0.1, 0.15) is 6.54 Å². The first kappa shape index (κ1) is 12.9. The minimum Gasteiger partial charge on any atom is -0.519 e. The van der Waals surface area contributed by atoms with E-state index in [0.717, 1.165) is 0 Å². The molecule has 0 heterocycles. The second-order valence-corrected chi connectivity index (χ2v) is 8.48. The van der Waals surface area contributed by atoms with Gasteiger partial charge in [-0.3, -0.25) is 9.59 Å². The van der Waals surface area contributed by atoms with E-state index < -0.39 is 14.3 Å². The molecule has 0 atom stereocenters. The maximum absolute atomic E-state index is 11.2. The molecule has 14 heavy (non-hydrogen) atoms. The van der Waals surface area contributed by atoms with Crippen LogP contribution in [-0.2, 0) is 14.0 Å². The number of rotatable bonds is 4. The summed E-state index contributed by atoms with van der Waals surface area (Å²) < 4.78 is 5.12. The lowest BCUT2D eigenvalue weighted by Crippen LogP contribution is -2.36. The molecule has 4 nitrogen and oxygen atoms in total. The van der Waals surface area contributed by atoms with Gasteiger partial charge in [-0.15, -0.1) is 0 Å². The van der Waals surface area contributed by atoms with Gasteiger partial charge in [-0.05, 0) is 26.6 Å². The first-order valence-electron chi connectivity index (χ1n) is 4.38. The highest BCUT2D eigenvalue weighted by Gasteiger charge is 2.19. The van der Waals surface area contributed by atoms with Gasteiger partial charge in [0, 0.05) is 5.57 Å². The Morgan fingerprint density at radius 2 is 1.86 bits per heavy atom. The molecule has 0 saturated heterocycles. The molecule has 0 aliphatic heterocycles. The molecule has 5 heteroatoms. The van der Waals surface area contributed by atoms with Crippen LogP contribution in [-0.4, -0.2) is 26.7 Å². The van der Waals surface area contributed by atoms with E-state index in [9.17, 15) is 9.59 Å². The van der Waals surface area contributed by atoms with Crippen molar-refractivity contribution in [1.29, 1.82) is 0 Å². The molecule has 0 spiro atoms. The molecule has 0 unspecified atom stereocenters. The van der Waals surface area contributed by atoms with E-state index in [2.05, 4.69) is 11.9 Å². The lowest BCUT2D eigenvalue weighted by atomic mass is 10.3. The van der Waals surface area contributed by atoms with Gasteiger partial charge in [-0.25, -0.2) is 0 Å². The van der Waals surface area contributed by atoms with Gasteiger partial charge in [0.25, 0.3) is 0 Å². The lowest BCUT2D eigenvalue weighted by Gasteiger charge is -2.17. The van der Waals surface area contributed by atoms with Crippen molar-refractivity contribution in [3.05, 3.63) is 12.2 Å². The number of nitrogens with one attached hydrogen (secondary N) is 1. The van der Waals surface area contributed by atoms with Gasteiger partial charge in [0.2, 0.25) is 14.2 Å². The summed E-state index contributed by atoms with van der Waals surface area (Å²) in [6.07, 6.45) is 0. The highest BCUT2D eigenvalue weighted by atomic mass is 28.4. The average molecular weight is 215 g/mol. The zero-order valence-corrected chi connectivity index (χ0v) is 10.1. The Morgan fingerprint density at radius 3 is 2.21 bits per heavy atom. The third-order valence-corrected chi connectivity index (χ3v) is 2.04. The third-order valence-electron chi connectivity index (χ3n) is 1.20. The lowest BCUT2D eigenvalue weighted by molar-refractivity contribution is -0.135. The highest BCUT2D eigenvalue weighted by molar-refractivity contribution is 6.71.